The van der Waals surface area contributed by atoms with E-state index in [0.717, 1.165) is 17.9 Å². The lowest BCUT2D eigenvalue weighted by Gasteiger charge is -2.12. The molecule has 0 aliphatic rings. The smallest absolute Gasteiger partial charge is 0.164 e. The first-order valence-electron chi connectivity index (χ1n) is 6.22. The van der Waals surface area contributed by atoms with Crippen LogP contribution in [0.1, 0.15) is 25.2 Å². The maximum Gasteiger partial charge on any atom is 0.164 e. The first kappa shape index (κ1) is 12.8. The molecule has 0 aliphatic carbocycles. The van der Waals surface area contributed by atoms with Gasteiger partial charge in [0.15, 0.2) is 11.6 Å². The molecule has 18 heavy (non-hydrogen) atoms. The molecule has 0 amide bonds. The zero-order valence-electron chi connectivity index (χ0n) is 11.1. The number of benzene rings is 1. The van der Waals surface area contributed by atoms with Crippen LogP contribution in [0.15, 0.2) is 24.3 Å². The van der Waals surface area contributed by atoms with E-state index in [1.807, 2.05) is 22.8 Å². The topological polar surface area (TPSA) is 50.9 Å². The largest absolute Gasteiger partial charge is 0.388 e. The van der Waals surface area contributed by atoms with Crippen molar-refractivity contribution in [3.63, 3.8) is 0 Å². The molecule has 0 radical (unpaired) electrons. The molecule has 1 aromatic carbocycles. The highest BCUT2D eigenvalue weighted by Gasteiger charge is 2.15. The molecular formula is C14H19N3O. The van der Waals surface area contributed by atoms with Crippen molar-refractivity contribution in [2.75, 3.05) is 0 Å². The lowest BCUT2D eigenvalue weighted by atomic mass is 10.1. The van der Waals surface area contributed by atoms with Crippen molar-refractivity contribution in [3.05, 3.63) is 35.7 Å². The predicted octanol–water partition coefficient (Wildman–Crippen LogP) is 2.40. The van der Waals surface area contributed by atoms with Crippen molar-refractivity contribution in [2.24, 2.45) is 5.92 Å². The van der Waals surface area contributed by atoms with Crippen molar-refractivity contribution in [3.8, 4) is 11.4 Å². The summed E-state index contributed by atoms with van der Waals surface area (Å²) in [4.78, 5) is 0. The van der Waals surface area contributed by atoms with Crippen LogP contribution in [-0.2, 0) is 13.2 Å². The zero-order chi connectivity index (χ0) is 13.1. The SMILES string of the molecule is Cc1ccccc1-c1nnc(CO)n1CC(C)C. The van der Waals surface area contributed by atoms with Crippen molar-refractivity contribution in [2.45, 2.75) is 33.9 Å². The van der Waals surface area contributed by atoms with Crippen LogP contribution in [0.4, 0.5) is 0 Å². The molecule has 1 aromatic heterocycles. The molecule has 0 unspecified atom stereocenters. The minimum Gasteiger partial charge on any atom is -0.388 e. The number of nitrogens with zero attached hydrogens (tertiary/aromatic N) is 3. The maximum absolute atomic E-state index is 9.34. The Labute approximate surface area is 107 Å². The van der Waals surface area contributed by atoms with Crippen LogP contribution in [0.3, 0.4) is 0 Å². The highest BCUT2D eigenvalue weighted by Crippen LogP contribution is 2.23. The molecule has 0 bridgehead atoms. The second kappa shape index (κ2) is 5.31. The van der Waals surface area contributed by atoms with E-state index in [-0.39, 0.29) is 6.61 Å². The van der Waals surface area contributed by atoms with Gasteiger partial charge < -0.3 is 9.67 Å². The fourth-order valence-electron chi connectivity index (χ4n) is 2.03. The van der Waals surface area contributed by atoms with Gasteiger partial charge in [0.05, 0.1) is 0 Å². The molecule has 1 heterocycles. The molecule has 2 rings (SSSR count). The third kappa shape index (κ3) is 2.43. The predicted molar refractivity (Wildman–Crippen MR) is 71.0 cm³/mol. The van der Waals surface area contributed by atoms with Crippen LogP contribution in [0.5, 0.6) is 0 Å². The van der Waals surface area contributed by atoms with Crippen LogP contribution in [-0.4, -0.2) is 19.9 Å². The van der Waals surface area contributed by atoms with Gasteiger partial charge in [-0.1, -0.05) is 38.1 Å². The number of aliphatic hydroxyl groups is 1. The van der Waals surface area contributed by atoms with Crippen molar-refractivity contribution < 1.29 is 5.11 Å². The van der Waals surface area contributed by atoms with Crippen molar-refractivity contribution >= 4 is 0 Å². The summed E-state index contributed by atoms with van der Waals surface area (Å²) in [5.41, 5.74) is 2.24. The highest BCUT2D eigenvalue weighted by molar-refractivity contribution is 5.60. The van der Waals surface area contributed by atoms with Gasteiger partial charge >= 0.3 is 0 Å². The van der Waals surface area contributed by atoms with Crippen LogP contribution in [0.25, 0.3) is 11.4 Å². The van der Waals surface area contributed by atoms with Crippen LogP contribution < -0.4 is 0 Å². The Bertz CT molecular complexity index is 532. The molecule has 0 aliphatic heterocycles. The lowest BCUT2D eigenvalue weighted by molar-refractivity contribution is 0.262. The number of aliphatic hydroxyl groups excluding tert-OH is 1. The summed E-state index contributed by atoms with van der Waals surface area (Å²) in [7, 11) is 0. The van der Waals surface area contributed by atoms with Gasteiger partial charge in [-0.2, -0.15) is 0 Å². The Hall–Kier alpha value is -1.68. The summed E-state index contributed by atoms with van der Waals surface area (Å²) in [5, 5.41) is 17.6. The second-order valence-electron chi connectivity index (χ2n) is 4.92. The molecule has 0 saturated carbocycles. The van der Waals surface area contributed by atoms with Gasteiger partial charge in [0.2, 0.25) is 0 Å². The fourth-order valence-corrected chi connectivity index (χ4v) is 2.03. The Morgan fingerprint density at radius 2 is 1.94 bits per heavy atom. The monoisotopic (exact) mass is 245 g/mol. The first-order chi connectivity index (χ1) is 8.63. The third-order valence-electron chi connectivity index (χ3n) is 2.90. The van der Waals surface area contributed by atoms with Gasteiger partial charge in [0.25, 0.3) is 0 Å². The van der Waals surface area contributed by atoms with E-state index in [1.165, 1.54) is 5.56 Å². The molecular weight excluding hydrogens is 226 g/mol. The van der Waals surface area contributed by atoms with Crippen LogP contribution in [0.2, 0.25) is 0 Å². The summed E-state index contributed by atoms with van der Waals surface area (Å²) >= 11 is 0. The Balaban J connectivity index is 2.51. The van der Waals surface area contributed by atoms with Crippen LogP contribution >= 0.6 is 0 Å². The summed E-state index contributed by atoms with van der Waals surface area (Å²) < 4.78 is 2.01. The first-order valence-corrected chi connectivity index (χ1v) is 6.22. The average molecular weight is 245 g/mol. The van der Waals surface area contributed by atoms with Gasteiger partial charge in [-0.15, -0.1) is 10.2 Å². The molecule has 4 heteroatoms. The Kier molecular flexibility index (Phi) is 3.77. The molecule has 96 valence electrons. The van der Waals surface area contributed by atoms with Gasteiger partial charge in [0, 0.05) is 12.1 Å². The van der Waals surface area contributed by atoms with E-state index in [9.17, 15) is 5.11 Å². The second-order valence-corrected chi connectivity index (χ2v) is 4.92. The van der Waals surface area contributed by atoms with E-state index in [4.69, 9.17) is 0 Å². The zero-order valence-corrected chi connectivity index (χ0v) is 11.1. The summed E-state index contributed by atoms with van der Waals surface area (Å²) in [6.07, 6.45) is 0. The summed E-state index contributed by atoms with van der Waals surface area (Å²) in [6.45, 7) is 7.08. The number of rotatable bonds is 4. The van der Waals surface area contributed by atoms with E-state index >= 15 is 0 Å². The molecule has 4 nitrogen and oxygen atoms in total. The van der Waals surface area contributed by atoms with Crippen LogP contribution in [0, 0.1) is 12.8 Å². The van der Waals surface area contributed by atoms with Gasteiger partial charge in [-0.05, 0) is 18.4 Å². The fraction of sp³-hybridized carbons (Fsp3) is 0.429. The van der Waals surface area contributed by atoms with Crippen molar-refractivity contribution in [1.82, 2.24) is 14.8 Å². The van der Waals surface area contributed by atoms with E-state index < -0.39 is 0 Å². The van der Waals surface area contributed by atoms with Gasteiger partial charge in [-0.3, -0.25) is 0 Å². The average Bonchev–Trinajstić information content (AvgIpc) is 2.72. The van der Waals surface area contributed by atoms with Gasteiger partial charge in [0.1, 0.15) is 6.61 Å². The molecule has 0 saturated heterocycles. The number of aromatic nitrogens is 3. The maximum atomic E-state index is 9.34. The van der Waals surface area contributed by atoms with E-state index in [2.05, 4.69) is 37.0 Å². The quantitative estimate of drug-likeness (QED) is 0.900. The standard InChI is InChI=1S/C14H19N3O/c1-10(2)8-17-13(9-18)15-16-14(17)12-7-5-4-6-11(12)3/h4-7,10,18H,8-9H2,1-3H3. The van der Waals surface area contributed by atoms with Gasteiger partial charge in [-0.25, -0.2) is 0 Å². The van der Waals surface area contributed by atoms with Crippen molar-refractivity contribution in [1.29, 1.82) is 0 Å². The minimum atomic E-state index is -0.0778. The van der Waals surface area contributed by atoms with E-state index in [1.54, 1.807) is 0 Å². The molecule has 0 atom stereocenters. The highest BCUT2D eigenvalue weighted by atomic mass is 16.3. The number of hydrogen-bond acceptors (Lipinski definition) is 3. The lowest BCUT2D eigenvalue weighted by Crippen LogP contribution is -2.10. The Morgan fingerprint density at radius 1 is 1.22 bits per heavy atom. The molecule has 1 N–H and O–H groups in total. The molecule has 0 fully saturated rings. The molecule has 2 aromatic rings. The minimum absolute atomic E-state index is 0.0778. The van der Waals surface area contributed by atoms with E-state index in [0.29, 0.717) is 11.7 Å². The number of aryl methyl sites for hydroxylation is 1. The normalized spacial score (nSPS) is 11.2. The Morgan fingerprint density at radius 3 is 2.56 bits per heavy atom. The summed E-state index contributed by atoms with van der Waals surface area (Å²) in [6, 6.07) is 8.10. The number of hydrogen-bond donors (Lipinski definition) is 1. The molecule has 0 spiro atoms. The third-order valence-corrected chi connectivity index (χ3v) is 2.90. The summed E-state index contributed by atoms with van der Waals surface area (Å²) in [5.74, 6) is 1.95.